The summed E-state index contributed by atoms with van der Waals surface area (Å²) in [5, 5.41) is 19.1. The van der Waals surface area contributed by atoms with Crippen LogP contribution >= 0.6 is 24.2 Å². The molecule has 0 saturated heterocycles. The second-order valence-electron chi connectivity index (χ2n) is 8.28. The molecule has 33 heavy (non-hydrogen) atoms. The Morgan fingerprint density at radius 1 is 1.09 bits per heavy atom. The minimum atomic E-state index is -0.274. The number of nitrogens with zero attached hydrogens (tertiary/aromatic N) is 4. The fourth-order valence-electron chi connectivity index (χ4n) is 2.97. The average Bonchev–Trinajstić information content (AvgIpc) is 3.23. The van der Waals surface area contributed by atoms with Gasteiger partial charge >= 0.3 is 0 Å². The molecule has 0 spiro atoms. The van der Waals surface area contributed by atoms with Crippen LogP contribution in [0.15, 0.2) is 59.8 Å². The molecule has 1 amide bonds. The first-order valence-corrected chi connectivity index (χ1v) is 11.6. The minimum Gasteiger partial charge on any atom is -0.483 e. The lowest BCUT2D eigenvalue weighted by Gasteiger charge is -2.20. The van der Waals surface area contributed by atoms with Crippen molar-refractivity contribution in [3.8, 4) is 11.4 Å². The standard InChI is InChI=1S/C23H30N6O2S.ClH/c1-23(2,3)25-21(30)17-31-20-13-8-7-10-18(20)16-24-14-9-15-32-22-26-27-28-29(22)19-11-5-4-6-12-19;/h4-8,10-13,24H,9,14-17H2,1-3H3,(H,25,30);1H. The number of halogens is 1. The van der Waals surface area contributed by atoms with Gasteiger partial charge in [0.2, 0.25) is 5.16 Å². The highest BCUT2D eigenvalue weighted by Crippen LogP contribution is 2.19. The van der Waals surface area contributed by atoms with Gasteiger partial charge in [0.1, 0.15) is 5.75 Å². The van der Waals surface area contributed by atoms with Gasteiger partial charge in [-0.2, -0.15) is 4.68 Å². The van der Waals surface area contributed by atoms with E-state index in [1.54, 1.807) is 16.4 Å². The molecule has 0 atom stereocenters. The molecular weight excluding hydrogens is 460 g/mol. The Balaban J connectivity index is 0.00000385. The SMILES string of the molecule is CC(C)(C)NC(=O)COc1ccccc1CNCCCSc1nnnn1-c1ccccc1.Cl. The van der Waals surface area contributed by atoms with Gasteiger partial charge in [0.25, 0.3) is 5.91 Å². The van der Waals surface area contributed by atoms with Crippen molar-refractivity contribution < 1.29 is 9.53 Å². The van der Waals surface area contributed by atoms with E-state index in [9.17, 15) is 4.79 Å². The first kappa shape index (κ1) is 26.6. The highest BCUT2D eigenvalue weighted by molar-refractivity contribution is 7.99. The Kier molecular flexibility index (Phi) is 10.6. The molecule has 0 fully saturated rings. The van der Waals surface area contributed by atoms with Crippen molar-refractivity contribution in [1.82, 2.24) is 30.8 Å². The molecule has 0 unspecified atom stereocenters. The van der Waals surface area contributed by atoms with Crippen LogP contribution < -0.4 is 15.4 Å². The molecule has 0 aliphatic carbocycles. The number of rotatable bonds is 11. The molecule has 3 aromatic rings. The van der Waals surface area contributed by atoms with Gasteiger partial charge in [0.15, 0.2) is 6.61 Å². The Hall–Kier alpha value is -2.62. The number of carbonyl (C=O) groups excluding carboxylic acids is 1. The van der Waals surface area contributed by atoms with Crippen molar-refractivity contribution >= 4 is 30.1 Å². The molecule has 0 radical (unpaired) electrons. The third kappa shape index (κ3) is 9.03. The third-order valence-electron chi connectivity index (χ3n) is 4.33. The summed E-state index contributed by atoms with van der Waals surface area (Å²) in [4.78, 5) is 12.0. The van der Waals surface area contributed by atoms with E-state index >= 15 is 0 Å². The molecule has 0 bridgehead atoms. The number of hydrogen-bond acceptors (Lipinski definition) is 7. The first-order chi connectivity index (χ1) is 15.4. The number of ether oxygens (including phenoxy) is 1. The Bertz CT molecular complexity index is 994. The number of carbonyl (C=O) groups is 1. The molecule has 8 nitrogen and oxygen atoms in total. The fourth-order valence-corrected chi connectivity index (χ4v) is 3.80. The molecule has 1 heterocycles. The molecule has 0 aliphatic heterocycles. The number of hydrogen-bond donors (Lipinski definition) is 2. The van der Waals surface area contributed by atoms with Gasteiger partial charge in [-0.1, -0.05) is 48.2 Å². The normalized spacial score (nSPS) is 11.0. The smallest absolute Gasteiger partial charge is 0.258 e. The van der Waals surface area contributed by atoms with Gasteiger partial charge in [-0.05, 0) is 62.4 Å². The molecule has 0 aliphatic rings. The van der Waals surface area contributed by atoms with Crippen LogP contribution in [0, 0.1) is 0 Å². The van der Waals surface area contributed by atoms with Crippen LogP contribution in [0.1, 0.15) is 32.8 Å². The number of tetrazole rings is 1. The molecule has 10 heteroatoms. The fraction of sp³-hybridized carbons (Fsp3) is 0.391. The molecule has 2 N–H and O–H groups in total. The molecule has 1 aromatic heterocycles. The summed E-state index contributed by atoms with van der Waals surface area (Å²) in [6, 6.07) is 17.6. The predicted molar refractivity (Wildman–Crippen MR) is 133 cm³/mol. The van der Waals surface area contributed by atoms with Gasteiger partial charge in [0.05, 0.1) is 5.69 Å². The van der Waals surface area contributed by atoms with Gasteiger partial charge in [-0.15, -0.1) is 17.5 Å². The maximum Gasteiger partial charge on any atom is 0.258 e. The largest absolute Gasteiger partial charge is 0.483 e. The lowest BCUT2D eigenvalue weighted by molar-refractivity contribution is -0.124. The van der Waals surface area contributed by atoms with Crippen LogP contribution in [-0.2, 0) is 11.3 Å². The summed E-state index contributed by atoms with van der Waals surface area (Å²) < 4.78 is 7.50. The third-order valence-corrected chi connectivity index (χ3v) is 5.34. The van der Waals surface area contributed by atoms with Gasteiger partial charge in [-0.25, -0.2) is 0 Å². The van der Waals surface area contributed by atoms with Gasteiger partial charge in [-0.3, -0.25) is 4.79 Å². The van der Waals surface area contributed by atoms with Crippen molar-refractivity contribution in [2.75, 3.05) is 18.9 Å². The van der Waals surface area contributed by atoms with Crippen molar-refractivity contribution in [3.05, 3.63) is 60.2 Å². The summed E-state index contributed by atoms with van der Waals surface area (Å²) in [6.07, 6.45) is 0.962. The number of amides is 1. The number of aromatic nitrogens is 4. The number of thioether (sulfide) groups is 1. The zero-order valence-corrected chi connectivity index (χ0v) is 20.8. The second-order valence-corrected chi connectivity index (χ2v) is 9.34. The van der Waals surface area contributed by atoms with Crippen LogP contribution in [0.5, 0.6) is 5.75 Å². The summed E-state index contributed by atoms with van der Waals surface area (Å²) in [5.41, 5.74) is 1.70. The number of nitrogens with one attached hydrogen (secondary N) is 2. The van der Waals surface area contributed by atoms with E-state index in [1.165, 1.54) is 0 Å². The van der Waals surface area contributed by atoms with Crippen LogP contribution in [0.2, 0.25) is 0 Å². The van der Waals surface area contributed by atoms with Gasteiger partial charge < -0.3 is 15.4 Å². The van der Waals surface area contributed by atoms with E-state index < -0.39 is 0 Å². The lowest BCUT2D eigenvalue weighted by atomic mass is 10.1. The number of para-hydroxylation sites is 2. The van der Waals surface area contributed by atoms with Crippen molar-refractivity contribution in [2.24, 2.45) is 0 Å². The maximum absolute atomic E-state index is 12.0. The maximum atomic E-state index is 12.0. The summed E-state index contributed by atoms with van der Waals surface area (Å²) in [5.74, 6) is 1.49. The topological polar surface area (TPSA) is 94.0 Å². The summed E-state index contributed by atoms with van der Waals surface area (Å²) >= 11 is 1.63. The van der Waals surface area contributed by atoms with E-state index in [4.69, 9.17) is 4.74 Å². The summed E-state index contributed by atoms with van der Waals surface area (Å²) in [7, 11) is 0. The zero-order chi connectivity index (χ0) is 22.8. The quantitative estimate of drug-likeness (QED) is 0.313. The van der Waals surface area contributed by atoms with Crippen LogP contribution in [0.3, 0.4) is 0 Å². The summed E-state index contributed by atoms with van der Waals surface area (Å²) in [6.45, 7) is 7.36. The zero-order valence-electron chi connectivity index (χ0n) is 19.2. The van der Waals surface area contributed by atoms with Crippen molar-refractivity contribution in [2.45, 2.75) is 44.4 Å². The Labute approximate surface area is 205 Å². The average molecular weight is 491 g/mol. The van der Waals surface area contributed by atoms with Crippen molar-refractivity contribution in [3.63, 3.8) is 0 Å². The molecule has 0 saturated carbocycles. The van der Waals surface area contributed by atoms with E-state index in [2.05, 4.69) is 26.2 Å². The van der Waals surface area contributed by atoms with Crippen LogP contribution in [0.25, 0.3) is 5.69 Å². The van der Waals surface area contributed by atoms with E-state index in [1.807, 2.05) is 75.4 Å². The minimum absolute atomic E-state index is 0. The lowest BCUT2D eigenvalue weighted by Crippen LogP contribution is -2.43. The molecular formula is C23H31ClN6O2S. The van der Waals surface area contributed by atoms with Crippen LogP contribution in [0.4, 0.5) is 0 Å². The Morgan fingerprint density at radius 2 is 1.82 bits per heavy atom. The van der Waals surface area contributed by atoms with Crippen molar-refractivity contribution in [1.29, 1.82) is 0 Å². The monoisotopic (exact) mass is 490 g/mol. The Morgan fingerprint density at radius 3 is 2.58 bits per heavy atom. The molecule has 3 rings (SSSR count). The molecule has 2 aromatic carbocycles. The van der Waals surface area contributed by atoms with Gasteiger partial charge in [0, 0.05) is 23.4 Å². The second kappa shape index (κ2) is 13.2. The highest BCUT2D eigenvalue weighted by Gasteiger charge is 2.14. The van der Waals surface area contributed by atoms with E-state index in [0.717, 1.165) is 40.9 Å². The van der Waals surface area contributed by atoms with E-state index in [-0.39, 0.29) is 30.5 Å². The first-order valence-electron chi connectivity index (χ1n) is 10.6. The molecule has 178 valence electrons. The highest BCUT2D eigenvalue weighted by atomic mass is 35.5. The number of benzene rings is 2. The predicted octanol–water partition coefficient (Wildman–Crippen LogP) is 3.65. The van der Waals surface area contributed by atoms with E-state index in [0.29, 0.717) is 6.54 Å². The van der Waals surface area contributed by atoms with Crippen LogP contribution in [-0.4, -0.2) is 50.6 Å².